The molecule has 2 atom stereocenters. The minimum atomic E-state index is -1.49. The second kappa shape index (κ2) is 9.60. The zero-order valence-electron chi connectivity index (χ0n) is 18.2. The van der Waals surface area contributed by atoms with Gasteiger partial charge in [0, 0.05) is 11.8 Å². The Kier molecular flexibility index (Phi) is 6.82. The van der Waals surface area contributed by atoms with E-state index < -0.39 is 22.7 Å². The van der Waals surface area contributed by atoms with Crippen molar-refractivity contribution in [3.8, 4) is 5.69 Å². The minimum Gasteiger partial charge on any atom is -0.588 e. The molecule has 9 heteroatoms. The van der Waals surface area contributed by atoms with Crippen LogP contribution in [-0.4, -0.2) is 18.9 Å². The predicted molar refractivity (Wildman–Crippen MR) is 133 cm³/mol. The van der Waals surface area contributed by atoms with E-state index in [9.17, 15) is 9.11 Å². The van der Waals surface area contributed by atoms with E-state index in [0.717, 1.165) is 32.4 Å². The molecule has 0 saturated carbocycles. The minimum absolute atomic E-state index is 0.638. The summed E-state index contributed by atoms with van der Waals surface area (Å²) in [6.07, 6.45) is 0. The summed E-state index contributed by atoms with van der Waals surface area (Å²) in [5.74, 6) is 0. The lowest BCUT2D eigenvalue weighted by Gasteiger charge is -2.18. The smallest absolute Gasteiger partial charge is 0.233 e. The third-order valence-corrected chi connectivity index (χ3v) is 8.44. The Hall–Kier alpha value is -2.43. The van der Waals surface area contributed by atoms with E-state index in [1.54, 1.807) is 0 Å². The van der Waals surface area contributed by atoms with E-state index >= 15 is 0 Å². The van der Waals surface area contributed by atoms with Gasteiger partial charge in [0.15, 0.2) is 4.90 Å². The van der Waals surface area contributed by atoms with Crippen LogP contribution in [0.25, 0.3) is 5.69 Å². The summed E-state index contributed by atoms with van der Waals surface area (Å²) in [6, 6.07) is 17.0. The summed E-state index contributed by atoms with van der Waals surface area (Å²) in [6.45, 7) is 7.94. The Balaban J connectivity index is 1.55. The van der Waals surface area contributed by atoms with Crippen molar-refractivity contribution in [2.75, 3.05) is 9.44 Å². The number of benzene rings is 2. The first-order valence-electron chi connectivity index (χ1n) is 9.97. The van der Waals surface area contributed by atoms with E-state index in [1.165, 1.54) is 11.3 Å². The van der Waals surface area contributed by atoms with E-state index in [2.05, 4.69) is 14.5 Å². The normalized spacial score (nSPS) is 13.1. The van der Waals surface area contributed by atoms with Gasteiger partial charge in [0.05, 0.1) is 11.4 Å². The zero-order valence-corrected chi connectivity index (χ0v) is 20.7. The molecular weight excluding hydrogens is 460 g/mol. The van der Waals surface area contributed by atoms with E-state index in [1.807, 2.05) is 92.4 Å². The van der Waals surface area contributed by atoms with Gasteiger partial charge >= 0.3 is 0 Å². The lowest BCUT2D eigenvalue weighted by molar-refractivity contribution is 0.599. The van der Waals surface area contributed by atoms with Crippen molar-refractivity contribution < 1.29 is 9.11 Å². The monoisotopic (exact) mass is 484 g/mol. The quantitative estimate of drug-likeness (QED) is 0.341. The van der Waals surface area contributed by atoms with Gasteiger partial charge in [0.25, 0.3) is 0 Å². The molecule has 6 nitrogen and oxygen atoms in total. The summed E-state index contributed by atoms with van der Waals surface area (Å²) >= 11 is -1.46. The molecule has 2 aromatic carbocycles. The highest BCUT2D eigenvalue weighted by molar-refractivity contribution is 7.94. The molecule has 4 rings (SSSR count). The number of aryl methyl sites for hydroxylation is 4. The molecule has 32 heavy (non-hydrogen) atoms. The average Bonchev–Trinajstić information content (AvgIpc) is 3.41. The van der Waals surface area contributed by atoms with E-state index in [-0.39, 0.29) is 0 Å². The number of hydrogen-bond donors (Lipinski definition) is 2. The van der Waals surface area contributed by atoms with Gasteiger partial charge < -0.3 is 9.11 Å². The number of rotatable bonds is 7. The molecule has 0 saturated heterocycles. The predicted octanol–water partition coefficient (Wildman–Crippen LogP) is 5.44. The maximum Gasteiger partial charge on any atom is 0.233 e. The highest BCUT2D eigenvalue weighted by Crippen LogP contribution is 2.31. The van der Waals surface area contributed by atoms with Crippen LogP contribution in [0.4, 0.5) is 11.4 Å². The molecule has 0 aliphatic carbocycles. The first kappa shape index (κ1) is 22.8. The molecule has 2 unspecified atom stereocenters. The van der Waals surface area contributed by atoms with Crippen LogP contribution in [0, 0.1) is 27.7 Å². The van der Waals surface area contributed by atoms with Gasteiger partial charge in [-0.25, -0.2) is 14.1 Å². The molecule has 2 aromatic heterocycles. The molecule has 2 heterocycles. The van der Waals surface area contributed by atoms with Crippen LogP contribution in [0.5, 0.6) is 0 Å². The lowest BCUT2D eigenvalue weighted by atomic mass is 10.1. The van der Waals surface area contributed by atoms with Crippen molar-refractivity contribution >= 4 is 45.4 Å². The fourth-order valence-corrected chi connectivity index (χ4v) is 5.89. The highest BCUT2D eigenvalue weighted by Gasteiger charge is 2.20. The van der Waals surface area contributed by atoms with Crippen LogP contribution < -0.4 is 9.44 Å². The molecule has 0 bridgehead atoms. The second-order valence-electron chi connectivity index (χ2n) is 7.49. The van der Waals surface area contributed by atoms with Crippen molar-refractivity contribution in [2.45, 2.75) is 36.8 Å². The summed E-state index contributed by atoms with van der Waals surface area (Å²) in [4.78, 5) is 0.638. The number of nitrogens with one attached hydrogen (secondary N) is 2. The molecular formula is C23H24N4O2S3. The van der Waals surface area contributed by atoms with E-state index in [0.29, 0.717) is 16.3 Å². The van der Waals surface area contributed by atoms with Gasteiger partial charge in [0.1, 0.15) is 34.1 Å². The highest BCUT2D eigenvalue weighted by atomic mass is 32.2. The van der Waals surface area contributed by atoms with Crippen LogP contribution in [0.1, 0.15) is 22.5 Å². The van der Waals surface area contributed by atoms with Crippen LogP contribution in [0.3, 0.4) is 0 Å². The van der Waals surface area contributed by atoms with Gasteiger partial charge in [0.2, 0.25) is 4.21 Å². The first-order chi connectivity index (χ1) is 15.3. The Morgan fingerprint density at radius 2 is 1.47 bits per heavy atom. The van der Waals surface area contributed by atoms with E-state index in [4.69, 9.17) is 0 Å². The Morgan fingerprint density at radius 3 is 2.00 bits per heavy atom. The van der Waals surface area contributed by atoms with Crippen LogP contribution in [0.2, 0.25) is 0 Å². The number of nitrogens with zero attached hydrogens (tertiary/aromatic N) is 2. The Bertz CT molecular complexity index is 1210. The second-order valence-corrected chi connectivity index (χ2v) is 11.1. The van der Waals surface area contributed by atoms with Gasteiger partial charge in [-0.2, -0.15) is 5.10 Å². The molecule has 0 aliphatic heterocycles. The SMILES string of the molecule is Cc1cc(C)n(-c2ccc([S+]([O-])Nc3cc(C)c(C)cc3N[S+]([O-])c3cccs3)cc2)n1. The van der Waals surface area contributed by atoms with Gasteiger partial charge in [-0.3, -0.25) is 0 Å². The van der Waals surface area contributed by atoms with Crippen molar-refractivity contribution in [2.24, 2.45) is 0 Å². The van der Waals surface area contributed by atoms with Crippen LogP contribution in [0.15, 0.2) is 69.1 Å². The fraction of sp³-hybridized carbons (Fsp3) is 0.174. The van der Waals surface area contributed by atoms with Crippen molar-refractivity contribution in [1.29, 1.82) is 0 Å². The molecule has 0 spiro atoms. The molecule has 0 aliphatic rings. The zero-order chi connectivity index (χ0) is 22.8. The molecule has 166 valence electrons. The largest absolute Gasteiger partial charge is 0.588 e. The van der Waals surface area contributed by atoms with Crippen LogP contribution in [-0.2, 0) is 22.7 Å². The lowest BCUT2D eigenvalue weighted by Crippen LogP contribution is -2.17. The number of aromatic nitrogens is 2. The summed E-state index contributed by atoms with van der Waals surface area (Å²) in [7, 11) is 0. The topological polar surface area (TPSA) is 88.0 Å². The number of hydrogen-bond acceptors (Lipinski definition) is 6. The molecule has 2 N–H and O–H groups in total. The Labute approximate surface area is 198 Å². The number of thiophene rings is 1. The first-order valence-corrected chi connectivity index (χ1v) is 13.1. The van der Waals surface area contributed by atoms with Gasteiger partial charge in [-0.15, -0.1) is 0 Å². The standard InChI is InChI=1S/C23H24N4O2S3/c1-15-12-21(22(13-16(15)2)26-32(29)23-6-5-11-30-23)25-31(28)20-9-7-19(8-10-20)27-18(4)14-17(3)24-27/h5-14,25-26H,1-4H3. The summed E-state index contributed by atoms with van der Waals surface area (Å²) < 4.78 is 34.5. The van der Waals surface area contributed by atoms with Crippen LogP contribution >= 0.6 is 11.3 Å². The van der Waals surface area contributed by atoms with Gasteiger partial charge in [-0.05, 0) is 92.7 Å². The third kappa shape index (κ3) is 4.97. The summed E-state index contributed by atoms with van der Waals surface area (Å²) in [5, 5.41) is 6.38. The third-order valence-electron chi connectivity index (χ3n) is 5.02. The van der Waals surface area contributed by atoms with Gasteiger partial charge in [-0.1, -0.05) is 11.3 Å². The number of anilines is 2. The fourth-order valence-electron chi connectivity index (χ4n) is 3.26. The molecule has 0 fully saturated rings. The van der Waals surface area contributed by atoms with Crippen molar-refractivity contribution in [3.63, 3.8) is 0 Å². The summed E-state index contributed by atoms with van der Waals surface area (Å²) in [5.41, 5.74) is 6.30. The maximum absolute atomic E-state index is 13.1. The van der Waals surface area contributed by atoms with Crippen molar-refractivity contribution in [1.82, 2.24) is 9.78 Å². The maximum atomic E-state index is 13.1. The Morgan fingerprint density at radius 1 is 0.844 bits per heavy atom. The molecule has 4 aromatic rings. The average molecular weight is 485 g/mol. The molecule has 0 amide bonds. The molecule has 0 radical (unpaired) electrons. The van der Waals surface area contributed by atoms with Crippen molar-refractivity contribution in [3.05, 3.63) is 82.5 Å².